The van der Waals surface area contributed by atoms with Gasteiger partial charge in [-0.05, 0) is 30.2 Å². The molecule has 1 aliphatic carbocycles. The second kappa shape index (κ2) is 7.10. The molecule has 182 valence electrons. The summed E-state index contributed by atoms with van der Waals surface area (Å²) < 4.78 is 46.1. The van der Waals surface area contributed by atoms with Crippen LogP contribution in [0.2, 0.25) is 0 Å². The lowest BCUT2D eigenvalue weighted by molar-refractivity contribution is 0.117. The van der Waals surface area contributed by atoms with E-state index >= 15 is 4.39 Å². The van der Waals surface area contributed by atoms with Gasteiger partial charge in [-0.1, -0.05) is 11.3 Å². The standard InChI is InChI=1S/C24H19FN6O4S/c25-18-7-19-14(6-20-21(35-23(32)31(19)20)9-30-4-3-28-29-30)5-15(18)13-1-2-22(27-8-13)24(12-26)16-10-36(33,34)11-17(16)24/h1-5,7-8,16-17,20-21H,6,9-11H2/t16?,17?,20-,21-,24?/m0/s1. The predicted octanol–water partition coefficient (Wildman–Crippen LogP) is 1.87. The Labute approximate surface area is 205 Å². The molecule has 36 heavy (non-hydrogen) atoms. The lowest BCUT2D eigenvalue weighted by Crippen LogP contribution is -2.35. The van der Waals surface area contributed by atoms with Gasteiger partial charge in [-0.2, -0.15) is 5.26 Å². The van der Waals surface area contributed by atoms with Crippen LogP contribution >= 0.6 is 0 Å². The average molecular weight is 507 g/mol. The number of nitriles is 1. The third kappa shape index (κ3) is 2.89. The fourth-order valence-corrected chi connectivity index (χ4v) is 8.45. The third-order valence-corrected chi connectivity index (χ3v) is 9.74. The number of carbonyl (C=O) groups excluding carboxylic acids is 1. The van der Waals surface area contributed by atoms with Gasteiger partial charge < -0.3 is 4.74 Å². The zero-order valence-electron chi connectivity index (χ0n) is 18.8. The average Bonchev–Trinajstić information content (AvgIpc) is 3.40. The van der Waals surface area contributed by atoms with Crippen LogP contribution in [0.4, 0.5) is 14.9 Å². The van der Waals surface area contributed by atoms with Gasteiger partial charge in [0.05, 0.1) is 47.7 Å². The number of aromatic nitrogens is 4. The minimum atomic E-state index is -3.10. The number of fused-ring (bicyclic) bond motifs is 4. The summed E-state index contributed by atoms with van der Waals surface area (Å²) in [4.78, 5) is 18.5. The van der Waals surface area contributed by atoms with Crippen LogP contribution < -0.4 is 4.90 Å². The molecule has 4 aliphatic rings. The molecule has 3 aliphatic heterocycles. The Kier molecular flexibility index (Phi) is 4.23. The van der Waals surface area contributed by atoms with Crippen molar-refractivity contribution in [1.29, 1.82) is 5.26 Å². The van der Waals surface area contributed by atoms with Crippen molar-refractivity contribution in [3.8, 4) is 17.2 Å². The number of hydrogen-bond donors (Lipinski definition) is 0. The summed E-state index contributed by atoms with van der Waals surface area (Å²) in [5, 5.41) is 17.5. The highest BCUT2D eigenvalue weighted by molar-refractivity contribution is 7.91. The Hall–Kier alpha value is -3.85. The number of rotatable bonds is 4. The molecule has 1 amide bonds. The number of nitrogens with zero attached hydrogens (tertiary/aromatic N) is 6. The van der Waals surface area contributed by atoms with Gasteiger partial charge in [0.15, 0.2) is 9.84 Å². The highest BCUT2D eigenvalue weighted by Crippen LogP contribution is 2.63. The van der Waals surface area contributed by atoms with Gasteiger partial charge in [-0.3, -0.25) is 9.88 Å². The molecule has 1 saturated carbocycles. The molecule has 3 aromatic rings. The number of halogens is 1. The first-order valence-electron chi connectivity index (χ1n) is 11.6. The van der Waals surface area contributed by atoms with Crippen LogP contribution in [0.3, 0.4) is 0 Å². The van der Waals surface area contributed by atoms with Crippen molar-refractivity contribution in [2.75, 3.05) is 16.4 Å². The van der Waals surface area contributed by atoms with Crippen molar-refractivity contribution in [1.82, 2.24) is 20.0 Å². The van der Waals surface area contributed by atoms with Crippen molar-refractivity contribution in [2.24, 2.45) is 11.8 Å². The van der Waals surface area contributed by atoms with E-state index in [0.717, 1.165) is 5.56 Å². The van der Waals surface area contributed by atoms with Crippen LogP contribution in [0.1, 0.15) is 11.3 Å². The normalized spacial score (nSPS) is 30.9. The summed E-state index contributed by atoms with van der Waals surface area (Å²) in [5.41, 5.74) is 1.85. The van der Waals surface area contributed by atoms with E-state index in [-0.39, 0.29) is 29.4 Å². The Morgan fingerprint density at radius 3 is 2.72 bits per heavy atom. The van der Waals surface area contributed by atoms with E-state index in [0.29, 0.717) is 35.5 Å². The number of ether oxygens (including phenoxy) is 1. The first-order chi connectivity index (χ1) is 17.3. The zero-order chi connectivity index (χ0) is 24.8. The minimum Gasteiger partial charge on any atom is -0.442 e. The molecule has 12 heteroatoms. The van der Waals surface area contributed by atoms with Crippen LogP contribution in [0.5, 0.6) is 0 Å². The molecule has 0 radical (unpaired) electrons. The second-order valence-electron chi connectivity index (χ2n) is 9.85. The maximum atomic E-state index is 15.3. The molecule has 5 heterocycles. The molecule has 2 saturated heterocycles. The van der Waals surface area contributed by atoms with E-state index in [1.165, 1.54) is 17.2 Å². The van der Waals surface area contributed by atoms with Gasteiger partial charge in [-0.25, -0.2) is 22.3 Å². The monoisotopic (exact) mass is 506 g/mol. The van der Waals surface area contributed by atoms with E-state index < -0.39 is 33.3 Å². The maximum Gasteiger partial charge on any atom is 0.415 e. The molecule has 0 spiro atoms. The molecular weight excluding hydrogens is 487 g/mol. The number of benzene rings is 1. The van der Waals surface area contributed by atoms with E-state index in [9.17, 15) is 18.5 Å². The first kappa shape index (κ1) is 21.4. The van der Waals surface area contributed by atoms with Crippen LogP contribution in [-0.2, 0) is 33.0 Å². The van der Waals surface area contributed by atoms with Crippen molar-refractivity contribution in [3.63, 3.8) is 0 Å². The Morgan fingerprint density at radius 2 is 2.06 bits per heavy atom. The van der Waals surface area contributed by atoms with Gasteiger partial charge in [0.2, 0.25) is 0 Å². The van der Waals surface area contributed by atoms with Gasteiger partial charge in [-0.15, -0.1) is 5.10 Å². The molecule has 0 N–H and O–H groups in total. The van der Waals surface area contributed by atoms with E-state index in [1.807, 2.05) is 0 Å². The zero-order valence-corrected chi connectivity index (χ0v) is 19.6. The molecule has 2 unspecified atom stereocenters. The topological polar surface area (TPSA) is 131 Å². The summed E-state index contributed by atoms with van der Waals surface area (Å²) in [5.74, 6) is -0.957. The number of anilines is 1. The molecule has 1 aromatic carbocycles. The second-order valence-corrected chi connectivity index (χ2v) is 12.0. The number of pyridine rings is 1. The van der Waals surface area contributed by atoms with Crippen LogP contribution in [0.25, 0.3) is 11.1 Å². The maximum absolute atomic E-state index is 15.3. The highest BCUT2D eigenvalue weighted by atomic mass is 32.2. The summed E-state index contributed by atoms with van der Waals surface area (Å²) in [6.07, 6.45) is 4.32. The third-order valence-electron chi connectivity index (χ3n) is 8.00. The Balaban J connectivity index is 1.17. The number of hydrogen-bond acceptors (Lipinski definition) is 8. The van der Waals surface area contributed by atoms with Crippen molar-refractivity contribution >= 4 is 21.6 Å². The number of amides is 1. The van der Waals surface area contributed by atoms with E-state index in [2.05, 4.69) is 21.4 Å². The lowest BCUT2D eigenvalue weighted by Gasteiger charge is -2.16. The number of sulfone groups is 1. The van der Waals surface area contributed by atoms with Crippen molar-refractivity contribution in [2.45, 2.75) is 30.5 Å². The Bertz CT molecular complexity index is 1550. The quantitative estimate of drug-likeness (QED) is 0.524. The molecule has 0 bridgehead atoms. The van der Waals surface area contributed by atoms with Crippen molar-refractivity contribution < 1.29 is 22.3 Å². The van der Waals surface area contributed by atoms with Gasteiger partial charge in [0.1, 0.15) is 17.3 Å². The number of carbonyl (C=O) groups is 1. The summed E-state index contributed by atoms with van der Waals surface area (Å²) in [6.45, 7) is 0.353. The van der Waals surface area contributed by atoms with E-state index in [1.54, 1.807) is 35.3 Å². The predicted molar refractivity (Wildman–Crippen MR) is 123 cm³/mol. The lowest BCUT2D eigenvalue weighted by atomic mass is 9.96. The molecular formula is C24H19FN6O4S. The van der Waals surface area contributed by atoms with Crippen LogP contribution in [0.15, 0.2) is 42.9 Å². The van der Waals surface area contributed by atoms with Gasteiger partial charge >= 0.3 is 6.09 Å². The molecule has 7 rings (SSSR count). The van der Waals surface area contributed by atoms with Gasteiger partial charge in [0.25, 0.3) is 0 Å². The fraction of sp³-hybridized carbons (Fsp3) is 0.375. The summed E-state index contributed by atoms with van der Waals surface area (Å²) in [6, 6.07) is 8.52. The molecule has 3 fully saturated rings. The number of cyclic esters (lactones) is 1. The summed E-state index contributed by atoms with van der Waals surface area (Å²) >= 11 is 0. The first-order valence-corrected chi connectivity index (χ1v) is 13.4. The van der Waals surface area contributed by atoms with E-state index in [4.69, 9.17) is 4.74 Å². The fourth-order valence-electron chi connectivity index (χ4n) is 6.23. The van der Waals surface area contributed by atoms with Gasteiger partial charge in [0, 0.05) is 35.4 Å². The molecule has 2 aromatic heterocycles. The Morgan fingerprint density at radius 1 is 1.25 bits per heavy atom. The summed E-state index contributed by atoms with van der Waals surface area (Å²) in [7, 11) is -3.10. The molecule has 10 nitrogen and oxygen atoms in total. The smallest absolute Gasteiger partial charge is 0.415 e. The minimum absolute atomic E-state index is 0.00606. The van der Waals surface area contributed by atoms with Crippen molar-refractivity contribution in [3.05, 3.63) is 59.9 Å². The van der Waals surface area contributed by atoms with Crippen LogP contribution in [-0.4, -0.2) is 58.1 Å². The van der Waals surface area contributed by atoms with Crippen LogP contribution in [0, 0.1) is 29.0 Å². The largest absolute Gasteiger partial charge is 0.442 e. The molecule has 4 atom stereocenters. The highest BCUT2D eigenvalue weighted by Gasteiger charge is 2.72. The SMILES string of the molecule is N#CC1(c2ccc(-c3cc4c(cc3F)N3C(=O)O[C@@H](Cn5ccnn5)[C@@H]3C4)cn2)C2CS(=O)(=O)CC21.